The van der Waals surface area contributed by atoms with E-state index in [1.54, 1.807) is 24.4 Å². The van der Waals surface area contributed by atoms with E-state index in [0.717, 1.165) is 16.5 Å². The van der Waals surface area contributed by atoms with Gasteiger partial charge in [-0.3, -0.25) is 4.79 Å². The topological polar surface area (TPSA) is 44.9 Å². The highest BCUT2D eigenvalue weighted by molar-refractivity contribution is 6.31. The number of nitrogens with one attached hydrogen (secondary N) is 2. The van der Waals surface area contributed by atoms with Crippen molar-refractivity contribution in [1.29, 1.82) is 0 Å². The largest absolute Gasteiger partial charge is 0.361 e. The van der Waals surface area contributed by atoms with E-state index in [9.17, 15) is 9.18 Å². The van der Waals surface area contributed by atoms with Gasteiger partial charge in [0.2, 0.25) is 5.91 Å². The molecule has 3 aromatic rings. The lowest BCUT2D eigenvalue weighted by molar-refractivity contribution is -0.115. The number of aromatic nitrogens is 1. The maximum Gasteiger partial charge on any atom is 0.228 e. The fraction of sp³-hybridized carbons (Fsp3) is 0.0625. The van der Waals surface area contributed by atoms with Crippen LogP contribution in [0.1, 0.15) is 5.56 Å². The van der Waals surface area contributed by atoms with Crippen LogP contribution in [0.15, 0.2) is 48.7 Å². The zero-order valence-corrected chi connectivity index (χ0v) is 11.7. The lowest BCUT2D eigenvalue weighted by Crippen LogP contribution is -2.14. The van der Waals surface area contributed by atoms with Crippen molar-refractivity contribution >= 4 is 34.1 Å². The fourth-order valence-corrected chi connectivity index (χ4v) is 2.42. The number of anilines is 1. The number of hydrogen-bond acceptors (Lipinski definition) is 1. The van der Waals surface area contributed by atoms with Gasteiger partial charge in [0.1, 0.15) is 5.82 Å². The highest BCUT2D eigenvalue weighted by atomic mass is 35.5. The third kappa shape index (κ3) is 3.06. The highest BCUT2D eigenvalue weighted by Gasteiger charge is 2.09. The van der Waals surface area contributed by atoms with E-state index >= 15 is 0 Å². The maximum atomic E-state index is 13.1. The van der Waals surface area contributed by atoms with Crippen LogP contribution in [-0.4, -0.2) is 10.9 Å². The Bertz CT molecular complexity index is 813. The van der Waals surface area contributed by atoms with E-state index in [1.165, 1.54) is 12.1 Å². The monoisotopic (exact) mass is 302 g/mol. The zero-order chi connectivity index (χ0) is 14.8. The maximum absolute atomic E-state index is 13.1. The van der Waals surface area contributed by atoms with Crippen LogP contribution in [0.3, 0.4) is 0 Å². The van der Waals surface area contributed by atoms with Gasteiger partial charge in [0.25, 0.3) is 0 Å². The van der Waals surface area contributed by atoms with E-state index in [2.05, 4.69) is 10.3 Å². The first-order valence-corrected chi connectivity index (χ1v) is 6.80. The Labute approximate surface area is 125 Å². The van der Waals surface area contributed by atoms with Crippen molar-refractivity contribution in [3.63, 3.8) is 0 Å². The van der Waals surface area contributed by atoms with Crippen molar-refractivity contribution in [2.75, 3.05) is 5.32 Å². The summed E-state index contributed by atoms with van der Waals surface area (Å²) in [4.78, 5) is 15.1. The summed E-state index contributed by atoms with van der Waals surface area (Å²) in [6.07, 6.45) is 1.99. The first-order valence-electron chi connectivity index (χ1n) is 6.43. The van der Waals surface area contributed by atoms with Gasteiger partial charge in [0.05, 0.1) is 6.42 Å². The Hall–Kier alpha value is -2.33. The summed E-state index contributed by atoms with van der Waals surface area (Å²) in [5, 5.41) is 4.27. The summed E-state index contributed by atoms with van der Waals surface area (Å²) in [7, 11) is 0. The molecule has 3 nitrogen and oxygen atoms in total. The Morgan fingerprint density at radius 1 is 1.24 bits per heavy atom. The number of H-pyrrole nitrogens is 1. The lowest BCUT2D eigenvalue weighted by atomic mass is 10.1. The van der Waals surface area contributed by atoms with Crippen LogP contribution in [-0.2, 0) is 11.2 Å². The average Bonchev–Trinajstić information content (AvgIpc) is 2.81. The summed E-state index contributed by atoms with van der Waals surface area (Å²) >= 11 is 5.92. The molecule has 21 heavy (non-hydrogen) atoms. The number of amides is 1. The summed E-state index contributed by atoms with van der Waals surface area (Å²) in [6, 6.07) is 11.3. The molecule has 3 rings (SSSR count). The Morgan fingerprint density at radius 2 is 2.10 bits per heavy atom. The van der Waals surface area contributed by atoms with Crippen molar-refractivity contribution in [3.05, 3.63) is 65.1 Å². The molecule has 0 unspecified atom stereocenters. The van der Waals surface area contributed by atoms with Crippen molar-refractivity contribution < 1.29 is 9.18 Å². The SMILES string of the molecule is O=C(Cc1c[nH]c2cc(Cl)ccc12)Nc1cccc(F)c1. The molecule has 106 valence electrons. The number of carbonyl (C=O) groups is 1. The quantitative estimate of drug-likeness (QED) is 0.750. The van der Waals surface area contributed by atoms with Gasteiger partial charge >= 0.3 is 0 Å². The summed E-state index contributed by atoms with van der Waals surface area (Å²) < 4.78 is 13.1. The molecule has 0 radical (unpaired) electrons. The van der Waals surface area contributed by atoms with Crippen LogP contribution in [0.25, 0.3) is 10.9 Å². The molecule has 0 saturated heterocycles. The second kappa shape index (κ2) is 5.58. The molecular weight excluding hydrogens is 291 g/mol. The molecule has 2 aromatic carbocycles. The number of rotatable bonds is 3. The number of halogens is 2. The van der Waals surface area contributed by atoms with Crippen molar-refractivity contribution in [2.45, 2.75) is 6.42 Å². The van der Waals surface area contributed by atoms with Crippen molar-refractivity contribution in [1.82, 2.24) is 4.98 Å². The second-order valence-electron chi connectivity index (χ2n) is 4.74. The minimum Gasteiger partial charge on any atom is -0.361 e. The van der Waals surface area contributed by atoms with Gasteiger partial charge in [-0.05, 0) is 35.9 Å². The van der Waals surface area contributed by atoms with Crippen LogP contribution in [0.2, 0.25) is 5.02 Å². The van der Waals surface area contributed by atoms with Crippen LogP contribution >= 0.6 is 11.6 Å². The number of carbonyl (C=O) groups excluding carboxylic acids is 1. The molecule has 5 heteroatoms. The van der Waals surface area contributed by atoms with E-state index in [0.29, 0.717) is 10.7 Å². The number of fused-ring (bicyclic) bond motifs is 1. The first kappa shape index (κ1) is 13.6. The lowest BCUT2D eigenvalue weighted by Gasteiger charge is -2.04. The molecule has 0 saturated carbocycles. The predicted molar refractivity (Wildman–Crippen MR) is 82.0 cm³/mol. The molecule has 0 aliphatic heterocycles. The molecule has 0 fully saturated rings. The Morgan fingerprint density at radius 3 is 2.90 bits per heavy atom. The third-order valence-corrected chi connectivity index (χ3v) is 3.42. The standard InChI is InChI=1S/C16H12ClFN2O/c17-11-4-5-14-10(9-19-15(14)7-11)6-16(21)20-13-3-1-2-12(18)8-13/h1-5,7-9,19H,6H2,(H,20,21). The highest BCUT2D eigenvalue weighted by Crippen LogP contribution is 2.22. The smallest absolute Gasteiger partial charge is 0.228 e. The summed E-state index contributed by atoms with van der Waals surface area (Å²) in [6.45, 7) is 0. The predicted octanol–water partition coefficient (Wildman–Crippen LogP) is 4.14. The van der Waals surface area contributed by atoms with Crippen LogP contribution in [0.4, 0.5) is 10.1 Å². The Balaban J connectivity index is 1.77. The number of hydrogen-bond donors (Lipinski definition) is 2. The van der Waals surface area contributed by atoms with Gasteiger partial charge in [0.15, 0.2) is 0 Å². The van der Waals surface area contributed by atoms with Gasteiger partial charge in [-0.1, -0.05) is 23.7 Å². The molecule has 1 heterocycles. The minimum absolute atomic E-state index is 0.198. The van der Waals surface area contributed by atoms with E-state index in [4.69, 9.17) is 11.6 Å². The van der Waals surface area contributed by atoms with Crippen LogP contribution < -0.4 is 5.32 Å². The molecule has 1 amide bonds. The number of benzene rings is 2. The molecule has 1 aromatic heterocycles. The minimum atomic E-state index is -0.380. The molecule has 0 spiro atoms. The molecular formula is C16H12ClFN2O. The second-order valence-corrected chi connectivity index (χ2v) is 5.18. The molecule has 0 bridgehead atoms. The van der Waals surface area contributed by atoms with Crippen molar-refractivity contribution in [2.24, 2.45) is 0 Å². The summed E-state index contributed by atoms with van der Waals surface area (Å²) in [5.41, 5.74) is 2.20. The average molecular weight is 303 g/mol. The molecule has 2 N–H and O–H groups in total. The molecule has 0 atom stereocenters. The normalized spacial score (nSPS) is 10.8. The van der Waals surface area contributed by atoms with Gasteiger partial charge in [0, 0.05) is 27.8 Å². The fourth-order valence-electron chi connectivity index (χ4n) is 2.25. The van der Waals surface area contributed by atoms with Gasteiger partial charge < -0.3 is 10.3 Å². The molecule has 0 aliphatic rings. The zero-order valence-electron chi connectivity index (χ0n) is 11.0. The Kier molecular flexibility index (Phi) is 3.62. The third-order valence-electron chi connectivity index (χ3n) is 3.19. The van der Waals surface area contributed by atoms with Gasteiger partial charge in [-0.25, -0.2) is 4.39 Å². The van der Waals surface area contributed by atoms with E-state index in [-0.39, 0.29) is 18.1 Å². The summed E-state index contributed by atoms with van der Waals surface area (Å²) in [5.74, 6) is -0.578. The number of aromatic amines is 1. The van der Waals surface area contributed by atoms with Gasteiger partial charge in [-0.2, -0.15) is 0 Å². The van der Waals surface area contributed by atoms with Crippen LogP contribution in [0.5, 0.6) is 0 Å². The van der Waals surface area contributed by atoms with E-state index in [1.807, 2.05) is 12.1 Å². The molecule has 0 aliphatic carbocycles. The van der Waals surface area contributed by atoms with Crippen LogP contribution in [0, 0.1) is 5.82 Å². The first-order chi connectivity index (χ1) is 10.1. The van der Waals surface area contributed by atoms with E-state index < -0.39 is 0 Å². The van der Waals surface area contributed by atoms with Gasteiger partial charge in [-0.15, -0.1) is 0 Å². The van der Waals surface area contributed by atoms with Crippen molar-refractivity contribution in [3.8, 4) is 0 Å².